The SMILES string of the molecule is C[C@H](OC(=O)c1ccc2c(=O)n3c(nc2c1)CCC3)C(=O)N[C@H]1CCCC[C@@H]1C. The number of carbonyl (C=O) groups excluding carboxylic acids is 2. The van der Waals surface area contributed by atoms with E-state index in [9.17, 15) is 14.4 Å². The van der Waals surface area contributed by atoms with Crippen LogP contribution in [0.15, 0.2) is 23.0 Å². The summed E-state index contributed by atoms with van der Waals surface area (Å²) in [6.07, 6.45) is 5.15. The van der Waals surface area contributed by atoms with Gasteiger partial charge in [0.05, 0.1) is 16.5 Å². The van der Waals surface area contributed by atoms with Crippen LogP contribution in [0.3, 0.4) is 0 Å². The third-order valence-electron chi connectivity index (χ3n) is 6.14. The smallest absolute Gasteiger partial charge is 0.338 e. The van der Waals surface area contributed by atoms with Crippen molar-refractivity contribution < 1.29 is 14.3 Å². The van der Waals surface area contributed by atoms with Crippen molar-refractivity contribution in [1.82, 2.24) is 14.9 Å². The van der Waals surface area contributed by atoms with Crippen molar-refractivity contribution in [1.29, 1.82) is 0 Å². The maximum Gasteiger partial charge on any atom is 0.338 e. The number of hydrogen-bond donors (Lipinski definition) is 1. The summed E-state index contributed by atoms with van der Waals surface area (Å²) in [7, 11) is 0. The molecule has 0 unspecified atom stereocenters. The first-order valence-corrected chi connectivity index (χ1v) is 10.5. The molecule has 1 saturated carbocycles. The van der Waals surface area contributed by atoms with Crippen molar-refractivity contribution >= 4 is 22.8 Å². The highest BCUT2D eigenvalue weighted by Gasteiger charge is 2.27. The molecule has 1 aliphatic carbocycles. The lowest BCUT2D eigenvalue weighted by Crippen LogP contribution is -2.45. The molecule has 7 nitrogen and oxygen atoms in total. The normalized spacial score (nSPS) is 22.1. The van der Waals surface area contributed by atoms with E-state index in [1.165, 1.54) is 6.42 Å². The molecule has 154 valence electrons. The number of benzene rings is 1. The Bertz CT molecular complexity index is 1010. The number of aromatic nitrogens is 2. The molecule has 2 aromatic rings. The zero-order valence-electron chi connectivity index (χ0n) is 16.9. The summed E-state index contributed by atoms with van der Waals surface area (Å²) in [4.78, 5) is 42.1. The summed E-state index contributed by atoms with van der Waals surface area (Å²) in [6, 6.07) is 4.88. The van der Waals surface area contributed by atoms with Crippen LogP contribution in [-0.4, -0.2) is 33.6 Å². The van der Waals surface area contributed by atoms with Crippen LogP contribution in [0.1, 0.15) is 62.1 Å². The first-order chi connectivity index (χ1) is 13.9. The Morgan fingerprint density at radius 1 is 1.24 bits per heavy atom. The fourth-order valence-corrected chi connectivity index (χ4v) is 4.32. The second kappa shape index (κ2) is 7.97. The molecule has 1 aromatic heterocycles. The number of ether oxygens (including phenoxy) is 1. The lowest BCUT2D eigenvalue weighted by Gasteiger charge is -2.30. The number of nitrogens with one attached hydrogen (secondary N) is 1. The predicted molar refractivity (Wildman–Crippen MR) is 109 cm³/mol. The summed E-state index contributed by atoms with van der Waals surface area (Å²) >= 11 is 0. The average Bonchev–Trinajstić information content (AvgIpc) is 3.18. The lowest BCUT2D eigenvalue weighted by atomic mass is 9.86. The van der Waals surface area contributed by atoms with Gasteiger partial charge in [-0.25, -0.2) is 9.78 Å². The number of carbonyl (C=O) groups is 2. The maximum absolute atomic E-state index is 12.6. The van der Waals surface area contributed by atoms with E-state index in [0.29, 0.717) is 23.4 Å². The third kappa shape index (κ3) is 3.91. The van der Waals surface area contributed by atoms with Crippen molar-refractivity contribution in [3.63, 3.8) is 0 Å². The van der Waals surface area contributed by atoms with Crippen LogP contribution in [0, 0.1) is 5.92 Å². The molecule has 1 aromatic carbocycles. The molecule has 0 bridgehead atoms. The van der Waals surface area contributed by atoms with Crippen molar-refractivity contribution in [2.24, 2.45) is 5.92 Å². The largest absolute Gasteiger partial charge is 0.449 e. The molecule has 0 spiro atoms. The van der Waals surface area contributed by atoms with E-state index in [1.807, 2.05) is 0 Å². The van der Waals surface area contributed by atoms with Crippen LogP contribution < -0.4 is 10.9 Å². The number of amides is 1. The third-order valence-corrected chi connectivity index (χ3v) is 6.14. The van der Waals surface area contributed by atoms with Gasteiger partial charge >= 0.3 is 5.97 Å². The quantitative estimate of drug-likeness (QED) is 0.801. The van der Waals surface area contributed by atoms with Gasteiger partial charge in [0.25, 0.3) is 11.5 Å². The molecule has 1 N–H and O–H groups in total. The highest BCUT2D eigenvalue weighted by atomic mass is 16.5. The zero-order valence-corrected chi connectivity index (χ0v) is 16.9. The Balaban J connectivity index is 1.46. The van der Waals surface area contributed by atoms with Crippen molar-refractivity contribution in [2.45, 2.75) is 71.1 Å². The Kier molecular flexibility index (Phi) is 5.39. The molecule has 29 heavy (non-hydrogen) atoms. The van der Waals surface area contributed by atoms with Crippen molar-refractivity contribution in [3.8, 4) is 0 Å². The van der Waals surface area contributed by atoms with Crippen molar-refractivity contribution in [3.05, 3.63) is 39.9 Å². The molecule has 2 heterocycles. The molecular weight excluding hydrogens is 370 g/mol. The van der Waals surface area contributed by atoms with E-state index >= 15 is 0 Å². The number of esters is 1. The minimum atomic E-state index is -0.883. The van der Waals surface area contributed by atoms with E-state index in [2.05, 4.69) is 17.2 Å². The summed E-state index contributed by atoms with van der Waals surface area (Å²) < 4.78 is 7.08. The van der Waals surface area contributed by atoms with E-state index in [0.717, 1.165) is 37.9 Å². The minimum Gasteiger partial charge on any atom is -0.449 e. The van der Waals surface area contributed by atoms with E-state index in [1.54, 1.807) is 29.7 Å². The second-order valence-electron chi connectivity index (χ2n) is 8.24. The van der Waals surface area contributed by atoms with Gasteiger partial charge in [-0.2, -0.15) is 0 Å². The van der Waals surface area contributed by atoms with Gasteiger partial charge < -0.3 is 10.1 Å². The zero-order chi connectivity index (χ0) is 20.5. The fraction of sp³-hybridized carbons (Fsp3) is 0.545. The minimum absolute atomic E-state index is 0.0724. The average molecular weight is 397 g/mol. The van der Waals surface area contributed by atoms with Crippen LogP contribution in [0.25, 0.3) is 10.9 Å². The Morgan fingerprint density at radius 2 is 2.03 bits per heavy atom. The highest BCUT2D eigenvalue weighted by Crippen LogP contribution is 2.24. The van der Waals surface area contributed by atoms with Crippen molar-refractivity contribution in [2.75, 3.05) is 0 Å². The monoisotopic (exact) mass is 397 g/mol. The molecule has 4 rings (SSSR count). The first kappa shape index (κ1) is 19.6. The Labute approximate surface area is 169 Å². The Hall–Kier alpha value is -2.70. The maximum atomic E-state index is 12.6. The number of hydrogen-bond acceptors (Lipinski definition) is 5. The lowest BCUT2D eigenvalue weighted by molar-refractivity contribution is -0.130. The fourth-order valence-electron chi connectivity index (χ4n) is 4.32. The molecular formula is C22H27N3O4. The summed E-state index contributed by atoms with van der Waals surface area (Å²) in [5, 5.41) is 3.51. The van der Waals surface area contributed by atoms with Gasteiger partial charge in [0, 0.05) is 19.0 Å². The van der Waals surface area contributed by atoms with E-state index in [-0.39, 0.29) is 23.1 Å². The van der Waals surface area contributed by atoms with Gasteiger partial charge in [0.15, 0.2) is 6.10 Å². The van der Waals surface area contributed by atoms with Gasteiger partial charge in [-0.05, 0) is 50.3 Å². The van der Waals surface area contributed by atoms with Gasteiger partial charge in [-0.15, -0.1) is 0 Å². The van der Waals surface area contributed by atoms with Gasteiger partial charge in [-0.1, -0.05) is 19.8 Å². The molecule has 2 aliphatic rings. The number of aryl methyl sites for hydroxylation is 1. The standard InChI is InChI=1S/C22H27N3O4/c1-13-6-3-4-7-17(13)24-20(26)14(2)29-22(28)15-9-10-16-18(12-15)23-19-8-5-11-25(19)21(16)27/h9-10,12-14,17H,3-8,11H2,1-2H3,(H,24,26)/t13-,14-,17-/m0/s1. The van der Waals surface area contributed by atoms with Crippen LogP contribution in [0.5, 0.6) is 0 Å². The topological polar surface area (TPSA) is 90.3 Å². The molecule has 0 saturated heterocycles. The highest BCUT2D eigenvalue weighted by molar-refractivity contribution is 5.95. The van der Waals surface area contributed by atoms with Gasteiger partial charge in [0.2, 0.25) is 0 Å². The van der Waals surface area contributed by atoms with E-state index < -0.39 is 12.1 Å². The molecule has 3 atom stereocenters. The molecule has 1 aliphatic heterocycles. The first-order valence-electron chi connectivity index (χ1n) is 10.5. The van der Waals surface area contributed by atoms with Crippen LogP contribution in [-0.2, 0) is 22.5 Å². The summed E-state index contributed by atoms with van der Waals surface area (Å²) in [5.41, 5.74) is 0.709. The molecule has 1 amide bonds. The Morgan fingerprint density at radius 3 is 2.83 bits per heavy atom. The molecule has 7 heteroatoms. The molecule has 0 radical (unpaired) electrons. The summed E-state index contributed by atoms with van der Waals surface area (Å²) in [5.74, 6) is 0.325. The van der Waals surface area contributed by atoms with E-state index in [4.69, 9.17) is 4.74 Å². The number of nitrogens with zero attached hydrogens (tertiary/aromatic N) is 2. The number of fused-ring (bicyclic) bond motifs is 2. The number of rotatable bonds is 4. The van der Waals surface area contributed by atoms with Crippen LogP contribution in [0.2, 0.25) is 0 Å². The second-order valence-corrected chi connectivity index (χ2v) is 8.24. The van der Waals surface area contributed by atoms with Gasteiger partial charge in [0.1, 0.15) is 5.82 Å². The van der Waals surface area contributed by atoms with Crippen LogP contribution in [0.4, 0.5) is 0 Å². The van der Waals surface area contributed by atoms with Crippen LogP contribution >= 0.6 is 0 Å². The summed E-state index contributed by atoms with van der Waals surface area (Å²) in [6.45, 7) is 4.41. The van der Waals surface area contributed by atoms with Gasteiger partial charge in [-0.3, -0.25) is 14.2 Å². The predicted octanol–water partition coefficient (Wildman–Crippen LogP) is 2.58. The molecule has 1 fully saturated rings.